The molecule has 4 heterocycles. The van der Waals surface area contributed by atoms with Gasteiger partial charge in [-0.2, -0.15) is 0 Å². The normalized spacial score (nSPS) is 18.5. The molecule has 3 aliphatic rings. The Balaban J connectivity index is 1.18. The van der Waals surface area contributed by atoms with Crippen LogP contribution in [0, 0.1) is 5.92 Å². The van der Waals surface area contributed by atoms with Crippen LogP contribution in [0.15, 0.2) is 41.8 Å². The average molecular weight is 445 g/mol. The van der Waals surface area contributed by atoms with Crippen LogP contribution in [0.1, 0.15) is 41.0 Å². The van der Waals surface area contributed by atoms with Crippen molar-refractivity contribution in [2.45, 2.75) is 45.1 Å². The zero-order valence-electron chi connectivity index (χ0n) is 18.3. The van der Waals surface area contributed by atoms with Gasteiger partial charge in [-0.1, -0.05) is 30.3 Å². The molecule has 164 valence electrons. The van der Waals surface area contributed by atoms with Crippen LogP contribution in [0.2, 0.25) is 0 Å². The van der Waals surface area contributed by atoms with Gasteiger partial charge in [-0.15, -0.1) is 11.3 Å². The third kappa shape index (κ3) is 3.60. The van der Waals surface area contributed by atoms with Gasteiger partial charge in [0.1, 0.15) is 5.82 Å². The Morgan fingerprint density at radius 3 is 2.66 bits per heavy atom. The van der Waals surface area contributed by atoms with E-state index in [0.29, 0.717) is 5.91 Å². The molecule has 6 heteroatoms. The molecule has 1 aromatic carbocycles. The van der Waals surface area contributed by atoms with Crippen molar-refractivity contribution in [3.8, 4) is 11.4 Å². The highest BCUT2D eigenvalue weighted by molar-refractivity contribution is 7.10. The lowest BCUT2D eigenvalue weighted by atomic mass is 9.94. The second-order valence-electron chi connectivity index (χ2n) is 9.16. The summed E-state index contributed by atoms with van der Waals surface area (Å²) >= 11 is 1.83. The van der Waals surface area contributed by atoms with E-state index >= 15 is 0 Å². The standard InChI is InChI=1S/C26H28N4OS/c31-26(30-15-11-23-20(17-30)12-16-32-23)19-9-13-29(14-10-19)25-21-7-4-8-22(21)27-24(28-25)18-5-2-1-3-6-18/h1-3,5-6,12,16,19H,4,7-11,13-15,17H2. The number of anilines is 1. The molecule has 3 aromatic rings. The maximum Gasteiger partial charge on any atom is 0.226 e. The molecule has 6 rings (SSSR count). The summed E-state index contributed by atoms with van der Waals surface area (Å²) in [7, 11) is 0. The molecule has 0 unspecified atom stereocenters. The maximum absolute atomic E-state index is 13.2. The van der Waals surface area contributed by atoms with Gasteiger partial charge in [-0.05, 0) is 55.5 Å². The topological polar surface area (TPSA) is 49.3 Å². The van der Waals surface area contributed by atoms with E-state index in [1.807, 2.05) is 29.5 Å². The van der Waals surface area contributed by atoms with Crippen molar-refractivity contribution >= 4 is 23.1 Å². The van der Waals surface area contributed by atoms with Crippen LogP contribution in [-0.4, -0.2) is 40.4 Å². The van der Waals surface area contributed by atoms with E-state index < -0.39 is 0 Å². The number of benzene rings is 1. The van der Waals surface area contributed by atoms with E-state index in [1.165, 1.54) is 21.7 Å². The van der Waals surface area contributed by atoms with Crippen molar-refractivity contribution in [3.63, 3.8) is 0 Å². The number of hydrogen-bond donors (Lipinski definition) is 0. The highest BCUT2D eigenvalue weighted by atomic mass is 32.1. The molecule has 1 saturated heterocycles. The van der Waals surface area contributed by atoms with E-state index in [9.17, 15) is 4.79 Å². The van der Waals surface area contributed by atoms with Crippen molar-refractivity contribution in [1.29, 1.82) is 0 Å². The van der Waals surface area contributed by atoms with Gasteiger partial charge >= 0.3 is 0 Å². The van der Waals surface area contributed by atoms with E-state index in [0.717, 1.165) is 81.9 Å². The predicted octanol–water partition coefficient (Wildman–Crippen LogP) is 4.50. The quantitative estimate of drug-likeness (QED) is 0.597. The Morgan fingerprint density at radius 2 is 1.81 bits per heavy atom. The fourth-order valence-electron chi connectivity index (χ4n) is 5.42. The molecule has 2 aromatic heterocycles. The van der Waals surface area contributed by atoms with Gasteiger partial charge in [0.25, 0.3) is 0 Å². The monoisotopic (exact) mass is 444 g/mol. The fourth-order valence-corrected chi connectivity index (χ4v) is 6.31. The lowest BCUT2D eigenvalue weighted by Crippen LogP contribution is -2.44. The first kappa shape index (κ1) is 19.9. The molecular weight excluding hydrogens is 416 g/mol. The third-order valence-corrected chi connectivity index (χ3v) is 8.23. The fraction of sp³-hybridized carbons (Fsp3) is 0.423. The van der Waals surface area contributed by atoms with Gasteiger partial charge in [0.05, 0.1) is 0 Å². The van der Waals surface area contributed by atoms with Crippen LogP contribution in [0.4, 0.5) is 5.82 Å². The molecule has 0 saturated carbocycles. The summed E-state index contributed by atoms with van der Waals surface area (Å²) in [5, 5.41) is 2.15. The van der Waals surface area contributed by atoms with Crippen molar-refractivity contribution in [3.05, 3.63) is 63.5 Å². The predicted molar refractivity (Wildman–Crippen MR) is 128 cm³/mol. The average Bonchev–Trinajstić information content (AvgIpc) is 3.52. The second kappa shape index (κ2) is 8.32. The number of rotatable bonds is 3. The summed E-state index contributed by atoms with van der Waals surface area (Å²) in [5.74, 6) is 2.42. The Morgan fingerprint density at radius 1 is 0.969 bits per heavy atom. The van der Waals surface area contributed by atoms with E-state index in [2.05, 4.69) is 33.4 Å². The van der Waals surface area contributed by atoms with Crippen molar-refractivity contribution in [2.24, 2.45) is 5.92 Å². The van der Waals surface area contributed by atoms with Crippen molar-refractivity contribution in [2.75, 3.05) is 24.5 Å². The van der Waals surface area contributed by atoms with E-state index in [1.54, 1.807) is 0 Å². The Bertz CT molecular complexity index is 1130. The molecule has 0 atom stereocenters. The first-order chi connectivity index (χ1) is 15.8. The third-order valence-electron chi connectivity index (χ3n) is 7.21. The SMILES string of the molecule is O=C(C1CCN(c2nc(-c3ccccc3)nc3c2CCC3)CC1)N1CCc2sccc2C1. The Labute approximate surface area is 193 Å². The number of amides is 1. The summed E-state index contributed by atoms with van der Waals surface area (Å²) in [5.41, 5.74) is 4.96. The summed E-state index contributed by atoms with van der Waals surface area (Å²) in [6, 6.07) is 12.5. The Kier molecular flexibility index (Phi) is 5.18. The summed E-state index contributed by atoms with van der Waals surface area (Å²) in [4.78, 5) is 29.1. The van der Waals surface area contributed by atoms with Crippen LogP contribution >= 0.6 is 11.3 Å². The highest BCUT2D eigenvalue weighted by Crippen LogP contribution is 2.34. The van der Waals surface area contributed by atoms with E-state index in [-0.39, 0.29) is 5.92 Å². The number of fused-ring (bicyclic) bond motifs is 2. The molecule has 0 spiro atoms. The van der Waals surface area contributed by atoms with Crippen LogP contribution in [-0.2, 0) is 30.6 Å². The number of aromatic nitrogens is 2. The molecule has 2 aliphatic heterocycles. The van der Waals surface area contributed by atoms with Crippen LogP contribution in [0.5, 0.6) is 0 Å². The van der Waals surface area contributed by atoms with Gasteiger partial charge < -0.3 is 9.80 Å². The lowest BCUT2D eigenvalue weighted by molar-refractivity contribution is -0.137. The number of aryl methyl sites for hydroxylation is 1. The van der Waals surface area contributed by atoms with Gasteiger partial charge in [-0.3, -0.25) is 4.79 Å². The smallest absolute Gasteiger partial charge is 0.226 e. The van der Waals surface area contributed by atoms with Gasteiger partial charge in [0.2, 0.25) is 5.91 Å². The number of hydrogen-bond acceptors (Lipinski definition) is 5. The zero-order valence-corrected chi connectivity index (χ0v) is 19.1. The Hall–Kier alpha value is -2.73. The number of carbonyl (C=O) groups is 1. The van der Waals surface area contributed by atoms with Gasteiger partial charge in [-0.25, -0.2) is 9.97 Å². The highest BCUT2D eigenvalue weighted by Gasteiger charge is 2.32. The second-order valence-corrected chi connectivity index (χ2v) is 10.2. The number of nitrogens with zero attached hydrogens (tertiary/aromatic N) is 4. The summed E-state index contributed by atoms with van der Waals surface area (Å²) in [6.07, 6.45) is 6.09. The van der Waals surface area contributed by atoms with Crippen LogP contribution in [0.3, 0.4) is 0 Å². The lowest BCUT2D eigenvalue weighted by Gasteiger charge is -2.36. The number of carbonyl (C=O) groups excluding carboxylic acids is 1. The zero-order chi connectivity index (χ0) is 21.5. The number of piperidine rings is 1. The molecule has 0 radical (unpaired) electrons. The molecule has 1 fully saturated rings. The summed E-state index contributed by atoms with van der Waals surface area (Å²) in [6.45, 7) is 3.45. The molecular formula is C26H28N4OS. The molecule has 32 heavy (non-hydrogen) atoms. The molecule has 0 bridgehead atoms. The number of thiophene rings is 1. The molecule has 1 amide bonds. The van der Waals surface area contributed by atoms with Crippen LogP contribution < -0.4 is 4.90 Å². The largest absolute Gasteiger partial charge is 0.356 e. The molecule has 1 aliphatic carbocycles. The minimum atomic E-state index is 0.134. The maximum atomic E-state index is 13.2. The van der Waals surface area contributed by atoms with Crippen LogP contribution in [0.25, 0.3) is 11.4 Å². The molecule has 0 N–H and O–H groups in total. The minimum absolute atomic E-state index is 0.134. The summed E-state index contributed by atoms with van der Waals surface area (Å²) < 4.78 is 0. The van der Waals surface area contributed by atoms with Crippen molar-refractivity contribution < 1.29 is 4.79 Å². The minimum Gasteiger partial charge on any atom is -0.356 e. The van der Waals surface area contributed by atoms with E-state index in [4.69, 9.17) is 9.97 Å². The molecule has 5 nitrogen and oxygen atoms in total. The van der Waals surface area contributed by atoms with Gasteiger partial charge in [0, 0.05) is 53.8 Å². The first-order valence-corrected chi connectivity index (χ1v) is 12.7. The van der Waals surface area contributed by atoms with Crippen molar-refractivity contribution in [1.82, 2.24) is 14.9 Å². The van der Waals surface area contributed by atoms with Gasteiger partial charge in [0.15, 0.2) is 5.82 Å². The first-order valence-electron chi connectivity index (χ1n) is 11.8.